The number of nitrogens with one attached hydrogen (secondary N) is 1. The fourth-order valence-electron chi connectivity index (χ4n) is 2.06. The number of nitrogens with zero attached hydrogens (tertiary/aromatic N) is 1. The van der Waals surface area contributed by atoms with Crippen LogP contribution in [-0.4, -0.2) is 23.4 Å². The molecule has 2 aromatic carbocycles. The van der Waals surface area contributed by atoms with E-state index in [1.807, 2.05) is 26.0 Å². The van der Waals surface area contributed by atoms with Crippen LogP contribution >= 0.6 is 0 Å². The molecule has 0 atom stereocenters. The third kappa shape index (κ3) is 4.19. The van der Waals surface area contributed by atoms with Gasteiger partial charge in [-0.15, -0.1) is 0 Å². The minimum atomic E-state index is -0.287. The molecule has 22 heavy (non-hydrogen) atoms. The summed E-state index contributed by atoms with van der Waals surface area (Å²) in [6, 6.07) is 17.8. The van der Waals surface area contributed by atoms with Crippen molar-refractivity contribution in [2.24, 2.45) is 5.92 Å². The minimum Gasteiger partial charge on any atom is -0.267 e. The topological polar surface area (TPSA) is 49.4 Å². The average molecular weight is 296 g/mol. The van der Waals surface area contributed by atoms with Crippen LogP contribution in [0.4, 0.5) is 0 Å². The van der Waals surface area contributed by atoms with Crippen LogP contribution in [0.5, 0.6) is 0 Å². The summed E-state index contributed by atoms with van der Waals surface area (Å²) in [6.07, 6.45) is 0. The Morgan fingerprint density at radius 3 is 1.91 bits per heavy atom. The molecule has 1 N–H and O–H groups in total. The van der Waals surface area contributed by atoms with Gasteiger partial charge in [0.25, 0.3) is 11.8 Å². The maximum atomic E-state index is 12.6. The molecular formula is C18H20N2O2. The van der Waals surface area contributed by atoms with E-state index < -0.39 is 0 Å². The molecule has 4 nitrogen and oxygen atoms in total. The molecule has 0 saturated heterocycles. The van der Waals surface area contributed by atoms with E-state index >= 15 is 0 Å². The number of hydrogen-bond acceptors (Lipinski definition) is 2. The van der Waals surface area contributed by atoms with Gasteiger partial charge in [0.15, 0.2) is 0 Å². The quantitative estimate of drug-likeness (QED) is 0.881. The number of benzene rings is 2. The second-order valence-electron chi connectivity index (χ2n) is 5.48. The van der Waals surface area contributed by atoms with E-state index in [0.29, 0.717) is 17.7 Å². The van der Waals surface area contributed by atoms with Gasteiger partial charge in [0, 0.05) is 17.7 Å². The van der Waals surface area contributed by atoms with Crippen LogP contribution in [0.2, 0.25) is 0 Å². The first kappa shape index (κ1) is 15.8. The van der Waals surface area contributed by atoms with Gasteiger partial charge in [0.2, 0.25) is 0 Å². The molecule has 2 aromatic rings. The molecule has 2 rings (SSSR count). The van der Waals surface area contributed by atoms with Gasteiger partial charge in [-0.05, 0) is 30.2 Å². The summed E-state index contributed by atoms with van der Waals surface area (Å²) in [4.78, 5) is 24.8. The Hall–Kier alpha value is -2.62. The number of hydrogen-bond donors (Lipinski definition) is 1. The van der Waals surface area contributed by atoms with Crippen molar-refractivity contribution in [3.05, 3.63) is 71.8 Å². The fraction of sp³-hybridized carbons (Fsp3) is 0.222. The van der Waals surface area contributed by atoms with Crippen LogP contribution in [0.15, 0.2) is 60.7 Å². The molecular weight excluding hydrogens is 276 g/mol. The zero-order valence-electron chi connectivity index (χ0n) is 12.8. The van der Waals surface area contributed by atoms with Crippen molar-refractivity contribution >= 4 is 11.8 Å². The van der Waals surface area contributed by atoms with Gasteiger partial charge in [-0.2, -0.15) is 0 Å². The van der Waals surface area contributed by atoms with Crippen molar-refractivity contribution in [2.45, 2.75) is 13.8 Å². The van der Waals surface area contributed by atoms with Gasteiger partial charge in [0.1, 0.15) is 0 Å². The molecule has 114 valence electrons. The monoisotopic (exact) mass is 296 g/mol. The van der Waals surface area contributed by atoms with E-state index in [2.05, 4.69) is 5.43 Å². The van der Waals surface area contributed by atoms with Crippen molar-refractivity contribution in [2.75, 3.05) is 6.54 Å². The molecule has 0 radical (unpaired) electrons. The van der Waals surface area contributed by atoms with E-state index in [1.165, 1.54) is 5.01 Å². The Morgan fingerprint density at radius 1 is 0.909 bits per heavy atom. The molecule has 0 fully saturated rings. The molecule has 0 aliphatic rings. The SMILES string of the molecule is CC(C)CN(NC(=O)c1ccccc1)C(=O)c1ccccc1. The minimum absolute atomic E-state index is 0.210. The number of carbonyl (C=O) groups is 2. The Morgan fingerprint density at radius 2 is 1.41 bits per heavy atom. The smallest absolute Gasteiger partial charge is 0.267 e. The molecule has 0 aliphatic heterocycles. The summed E-state index contributed by atoms with van der Waals surface area (Å²) in [5, 5.41) is 1.38. The maximum absolute atomic E-state index is 12.6. The van der Waals surface area contributed by atoms with E-state index in [9.17, 15) is 9.59 Å². The van der Waals surface area contributed by atoms with Gasteiger partial charge in [-0.3, -0.25) is 15.0 Å². The predicted molar refractivity (Wildman–Crippen MR) is 86.2 cm³/mol. The van der Waals surface area contributed by atoms with Gasteiger partial charge in [-0.1, -0.05) is 50.2 Å². The molecule has 0 heterocycles. The van der Waals surface area contributed by atoms with Crippen LogP contribution in [0.3, 0.4) is 0 Å². The molecule has 0 spiro atoms. The highest BCUT2D eigenvalue weighted by molar-refractivity contribution is 5.99. The summed E-state index contributed by atoms with van der Waals surface area (Å²) in [5.41, 5.74) is 3.79. The molecule has 0 unspecified atom stereocenters. The second kappa shape index (κ2) is 7.41. The zero-order valence-corrected chi connectivity index (χ0v) is 12.8. The molecule has 0 aromatic heterocycles. The van der Waals surface area contributed by atoms with Crippen molar-refractivity contribution in [3.8, 4) is 0 Å². The number of rotatable bonds is 4. The predicted octanol–water partition coefficient (Wildman–Crippen LogP) is 3.13. The summed E-state index contributed by atoms with van der Waals surface area (Å²) < 4.78 is 0. The Kier molecular flexibility index (Phi) is 5.31. The Balaban J connectivity index is 2.16. The molecule has 4 heteroatoms. The first-order chi connectivity index (χ1) is 10.6. The first-order valence-electron chi connectivity index (χ1n) is 7.31. The van der Waals surface area contributed by atoms with E-state index in [-0.39, 0.29) is 17.7 Å². The number of hydrazine groups is 1. The standard InChI is InChI=1S/C18H20N2O2/c1-14(2)13-20(18(22)16-11-7-4-8-12-16)19-17(21)15-9-5-3-6-10-15/h3-12,14H,13H2,1-2H3,(H,19,21). The zero-order chi connectivity index (χ0) is 15.9. The van der Waals surface area contributed by atoms with Crippen LogP contribution in [0.1, 0.15) is 34.6 Å². The first-order valence-corrected chi connectivity index (χ1v) is 7.31. The lowest BCUT2D eigenvalue weighted by Crippen LogP contribution is -2.47. The van der Waals surface area contributed by atoms with Crippen molar-refractivity contribution in [1.29, 1.82) is 0 Å². The summed E-state index contributed by atoms with van der Waals surface area (Å²) in [7, 11) is 0. The largest absolute Gasteiger partial charge is 0.272 e. The highest BCUT2D eigenvalue weighted by Gasteiger charge is 2.19. The lowest BCUT2D eigenvalue weighted by atomic mass is 10.1. The van der Waals surface area contributed by atoms with E-state index in [4.69, 9.17) is 0 Å². The second-order valence-corrected chi connectivity index (χ2v) is 5.48. The van der Waals surface area contributed by atoms with Gasteiger partial charge in [0.05, 0.1) is 0 Å². The van der Waals surface area contributed by atoms with Crippen molar-refractivity contribution in [1.82, 2.24) is 10.4 Å². The van der Waals surface area contributed by atoms with Gasteiger partial charge >= 0.3 is 0 Å². The molecule has 0 saturated carbocycles. The highest BCUT2D eigenvalue weighted by atomic mass is 16.2. The Bertz CT molecular complexity index is 624. The highest BCUT2D eigenvalue weighted by Crippen LogP contribution is 2.07. The molecule has 0 aliphatic carbocycles. The third-order valence-electron chi connectivity index (χ3n) is 3.09. The number of amides is 2. The summed E-state index contributed by atoms with van der Waals surface area (Å²) >= 11 is 0. The van der Waals surface area contributed by atoms with Crippen molar-refractivity contribution in [3.63, 3.8) is 0 Å². The van der Waals surface area contributed by atoms with Crippen LogP contribution in [0.25, 0.3) is 0 Å². The van der Waals surface area contributed by atoms with Gasteiger partial charge < -0.3 is 0 Å². The molecule has 2 amide bonds. The fourth-order valence-corrected chi connectivity index (χ4v) is 2.06. The third-order valence-corrected chi connectivity index (χ3v) is 3.09. The van der Waals surface area contributed by atoms with Crippen LogP contribution < -0.4 is 5.43 Å². The van der Waals surface area contributed by atoms with Crippen LogP contribution in [-0.2, 0) is 0 Å². The normalized spacial score (nSPS) is 10.3. The van der Waals surface area contributed by atoms with Crippen molar-refractivity contribution < 1.29 is 9.59 Å². The average Bonchev–Trinajstić information content (AvgIpc) is 2.54. The maximum Gasteiger partial charge on any atom is 0.272 e. The van der Waals surface area contributed by atoms with E-state index in [0.717, 1.165) is 0 Å². The lowest BCUT2D eigenvalue weighted by molar-refractivity contribution is 0.0558. The molecule has 0 bridgehead atoms. The van der Waals surface area contributed by atoms with E-state index in [1.54, 1.807) is 48.5 Å². The Labute approximate surface area is 130 Å². The summed E-state index contributed by atoms with van der Waals surface area (Å²) in [5.74, 6) is -0.257. The number of carbonyl (C=O) groups excluding carboxylic acids is 2. The lowest BCUT2D eigenvalue weighted by Gasteiger charge is -2.25. The van der Waals surface area contributed by atoms with Gasteiger partial charge in [-0.25, -0.2) is 5.01 Å². The van der Waals surface area contributed by atoms with Crippen LogP contribution in [0, 0.1) is 5.92 Å². The summed E-state index contributed by atoms with van der Waals surface area (Å²) in [6.45, 7) is 4.45.